The second-order valence-corrected chi connectivity index (χ2v) is 16.8. The molecule has 1 unspecified atom stereocenters. The quantitative estimate of drug-likeness (QED) is 0.160. The van der Waals surface area contributed by atoms with Crippen LogP contribution in [-0.2, 0) is 5.41 Å². The van der Waals surface area contributed by atoms with Crippen LogP contribution >= 0.6 is 0 Å². The minimum absolute atomic E-state index is 0.183. The molecule has 2 aliphatic heterocycles. The van der Waals surface area contributed by atoms with E-state index >= 15 is 0 Å². The normalized spacial score (nSPS) is 16.3. The van der Waals surface area contributed by atoms with E-state index in [-0.39, 0.29) is 17.7 Å². The summed E-state index contributed by atoms with van der Waals surface area (Å²) < 4.78 is 0. The van der Waals surface area contributed by atoms with Crippen LogP contribution in [0.25, 0.3) is 33.4 Å². The van der Waals surface area contributed by atoms with Gasteiger partial charge in [-0.15, -0.1) is 0 Å². The molecule has 3 aliphatic rings. The third-order valence-electron chi connectivity index (χ3n) is 12.4. The fraction of sp³-hybridized carbons (Fsp3) is 0.0877. The summed E-state index contributed by atoms with van der Waals surface area (Å²) in [6.45, 7) is 4.70. The number of aliphatic imine (C=N–C) groups is 4. The number of amidine groups is 4. The van der Waals surface area contributed by atoms with Crippen LogP contribution in [0.3, 0.4) is 0 Å². The van der Waals surface area contributed by atoms with Gasteiger partial charge in [-0.3, -0.25) is 0 Å². The molecule has 63 heavy (non-hydrogen) atoms. The van der Waals surface area contributed by atoms with Gasteiger partial charge in [-0.25, -0.2) is 20.0 Å². The number of fused-ring (bicyclic) bond motifs is 3. The van der Waals surface area contributed by atoms with Crippen LogP contribution in [0.5, 0.6) is 0 Å². The highest BCUT2D eigenvalue weighted by molar-refractivity contribution is 6.16. The summed E-state index contributed by atoms with van der Waals surface area (Å²) in [6.07, 6.45) is -0.694. The summed E-state index contributed by atoms with van der Waals surface area (Å²) in [4.78, 5) is 20.2. The van der Waals surface area contributed by atoms with Crippen molar-refractivity contribution in [1.82, 2.24) is 10.6 Å². The molecule has 0 saturated heterocycles. The van der Waals surface area contributed by atoms with Crippen molar-refractivity contribution < 1.29 is 0 Å². The van der Waals surface area contributed by atoms with E-state index in [1.165, 1.54) is 33.4 Å². The van der Waals surface area contributed by atoms with E-state index in [9.17, 15) is 0 Å². The number of nitrogens with zero attached hydrogens (tertiary/aromatic N) is 4. The van der Waals surface area contributed by atoms with Gasteiger partial charge in [0.1, 0.15) is 23.3 Å². The Labute approximate surface area is 368 Å². The fourth-order valence-electron chi connectivity index (χ4n) is 8.96. The number of hydrogen-bond donors (Lipinski definition) is 2. The van der Waals surface area contributed by atoms with Crippen LogP contribution in [-0.4, -0.2) is 23.3 Å². The van der Waals surface area contributed by atoms with Crippen LogP contribution < -0.4 is 10.6 Å². The SMILES string of the molecule is CC1(C)c2cc(-c3ccc(C4=NC(c5ccccc5)N=C(c5ccccc5)N4)cc3)ccc2-c2ccc(-c3ccc(C4N=C(c5ccccc5)NC(c5ccccc5)=N4)cc3)cc21. The minimum Gasteiger partial charge on any atom is -0.324 e. The topological polar surface area (TPSA) is 73.5 Å². The van der Waals surface area contributed by atoms with Gasteiger partial charge < -0.3 is 10.6 Å². The molecule has 0 aromatic heterocycles. The fourth-order valence-corrected chi connectivity index (χ4v) is 8.96. The molecule has 1 aliphatic carbocycles. The Bertz CT molecular complexity index is 3040. The van der Waals surface area contributed by atoms with Gasteiger partial charge >= 0.3 is 0 Å². The molecule has 2 N–H and O–H groups in total. The van der Waals surface area contributed by atoms with Crippen molar-refractivity contribution in [2.45, 2.75) is 31.6 Å². The van der Waals surface area contributed by atoms with Crippen molar-refractivity contribution in [3.63, 3.8) is 0 Å². The Morgan fingerprint density at radius 3 is 1.02 bits per heavy atom. The molecule has 0 fully saturated rings. The first-order chi connectivity index (χ1) is 30.9. The maximum atomic E-state index is 5.08. The minimum atomic E-state index is -0.365. The van der Waals surface area contributed by atoms with Gasteiger partial charge in [0, 0.05) is 27.7 Å². The lowest BCUT2D eigenvalue weighted by Gasteiger charge is -2.23. The Kier molecular flexibility index (Phi) is 9.54. The monoisotopic (exact) mass is 812 g/mol. The van der Waals surface area contributed by atoms with Gasteiger partial charge in [0.2, 0.25) is 0 Å². The molecule has 0 bridgehead atoms. The lowest BCUT2D eigenvalue weighted by atomic mass is 9.81. The van der Waals surface area contributed by atoms with Crippen molar-refractivity contribution in [2.24, 2.45) is 20.0 Å². The molecule has 302 valence electrons. The van der Waals surface area contributed by atoms with E-state index in [1.54, 1.807) is 0 Å². The highest BCUT2D eigenvalue weighted by atomic mass is 15.2. The summed E-state index contributed by atoms with van der Waals surface area (Å²) in [7, 11) is 0. The zero-order valence-corrected chi connectivity index (χ0v) is 35.1. The first kappa shape index (κ1) is 38.0. The molecule has 0 amide bonds. The zero-order chi connectivity index (χ0) is 42.3. The predicted octanol–water partition coefficient (Wildman–Crippen LogP) is 12.3. The standard InChI is InChI=1S/C57H44N6/c1-57(2)49-35-45(37-23-27-43(28-24-37)55-60-51(39-15-7-3-8-16-39)58-52(61-55)40-17-9-4-10-18-40)31-33-47(49)48-34-32-46(36-50(48)57)38-25-29-44(30-26-38)56-62-53(41-19-11-5-12-20-41)59-54(63-56)42-21-13-6-14-22-42/h3-36,51,56H,1-2H3,(H,58,60,61)(H,59,62,63). The number of hydrogen-bond acceptors (Lipinski definition) is 6. The summed E-state index contributed by atoms with van der Waals surface area (Å²) >= 11 is 0. The van der Waals surface area contributed by atoms with Crippen LogP contribution in [0, 0.1) is 0 Å². The van der Waals surface area contributed by atoms with Crippen molar-refractivity contribution in [3.05, 3.63) is 251 Å². The molecule has 2 heterocycles. The molecule has 0 radical (unpaired) electrons. The Morgan fingerprint density at radius 1 is 0.317 bits per heavy atom. The van der Waals surface area contributed by atoms with E-state index in [4.69, 9.17) is 20.0 Å². The van der Waals surface area contributed by atoms with Crippen LogP contribution in [0.2, 0.25) is 0 Å². The molecule has 0 saturated carbocycles. The third-order valence-corrected chi connectivity index (χ3v) is 12.4. The van der Waals surface area contributed by atoms with Crippen molar-refractivity contribution in [3.8, 4) is 33.4 Å². The lowest BCUT2D eigenvalue weighted by molar-refractivity contribution is 0.661. The molecule has 0 spiro atoms. The van der Waals surface area contributed by atoms with Gasteiger partial charge in [0.05, 0.1) is 0 Å². The van der Waals surface area contributed by atoms with Crippen molar-refractivity contribution in [2.75, 3.05) is 0 Å². The maximum Gasteiger partial charge on any atom is 0.169 e. The average molecular weight is 813 g/mol. The van der Waals surface area contributed by atoms with Gasteiger partial charge in [-0.05, 0) is 67.8 Å². The summed E-state index contributed by atoms with van der Waals surface area (Å²) in [6, 6.07) is 72.4. The summed E-state index contributed by atoms with van der Waals surface area (Å²) in [5.41, 5.74) is 16.0. The van der Waals surface area contributed by atoms with E-state index in [0.717, 1.165) is 67.9 Å². The second kappa shape index (κ2) is 15.8. The molecule has 8 aromatic rings. The van der Waals surface area contributed by atoms with E-state index in [1.807, 2.05) is 72.8 Å². The highest BCUT2D eigenvalue weighted by Gasteiger charge is 2.36. The maximum absolute atomic E-state index is 5.08. The molecular formula is C57H44N6. The van der Waals surface area contributed by atoms with Gasteiger partial charge in [0.25, 0.3) is 0 Å². The second-order valence-electron chi connectivity index (χ2n) is 16.8. The van der Waals surface area contributed by atoms with E-state index in [2.05, 4.69) is 158 Å². The Hall–Kier alpha value is -7.96. The number of benzene rings is 8. The lowest BCUT2D eigenvalue weighted by Crippen LogP contribution is -2.36. The summed E-state index contributed by atoms with van der Waals surface area (Å²) in [5, 5.41) is 7.03. The van der Waals surface area contributed by atoms with Gasteiger partial charge in [0.15, 0.2) is 12.3 Å². The van der Waals surface area contributed by atoms with Gasteiger partial charge in [-0.1, -0.05) is 208 Å². The van der Waals surface area contributed by atoms with Crippen LogP contribution in [0.1, 0.15) is 70.7 Å². The van der Waals surface area contributed by atoms with Crippen LogP contribution in [0.4, 0.5) is 0 Å². The molecule has 1 atom stereocenters. The van der Waals surface area contributed by atoms with Gasteiger partial charge in [-0.2, -0.15) is 0 Å². The molecule has 11 rings (SSSR count). The Balaban J connectivity index is 0.850. The van der Waals surface area contributed by atoms with E-state index < -0.39 is 0 Å². The highest BCUT2D eigenvalue weighted by Crippen LogP contribution is 2.50. The largest absolute Gasteiger partial charge is 0.324 e. The number of rotatable bonds is 8. The van der Waals surface area contributed by atoms with E-state index in [0.29, 0.717) is 0 Å². The molecule has 8 aromatic carbocycles. The smallest absolute Gasteiger partial charge is 0.169 e. The Morgan fingerprint density at radius 2 is 0.619 bits per heavy atom. The van der Waals surface area contributed by atoms with Crippen LogP contribution in [0.15, 0.2) is 226 Å². The van der Waals surface area contributed by atoms with Crippen molar-refractivity contribution in [1.29, 1.82) is 0 Å². The molecule has 6 nitrogen and oxygen atoms in total. The third kappa shape index (κ3) is 7.25. The number of nitrogens with one attached hydrogen (secondary N) is 2. The average Bonchev–Trinajstić information content (AvgIpc) is 3.59. The van der Waals surface area contributed by atoms with Crippen molar-refractivity contribution >= 4 is 23.3 Å². The summed E-state index contributed by atoms with van der Waals surface area (Å²) in [5.74, 6) is 3.26. The predicted molar refractivity (Wildman–Crippen MR) is 259 cm³/mol. The zero-order valence-electron chi connectivity index (χ0n) is 35.1. The molecular weight excluding hydrogens is 769 g/mol. The first-order valence-electron chi connectivity index (χ1n) is 21.5. The molecule has 6 heteroatoms. The first-order valence-corrected chi connectivity index (χ1v) is 21.5.